The van der Waals surface area contributed by atoms with Crippen molar-refractivity contribution in [2.75, 3.05) is 6.61 Å². The van der Waals surface area contributed by atoms with E-state index < -0.39 is 0 Å². The number of nitrogens with zero attached hydrogens (tertiary/aromatic N) is 1. The molecule has 2 aliphatic carbocycles. The minimum atomic E-state index is -0.0147. The molecule has 2 fully saturated rings. The quantitative estimate of drug-likeness (QED) is 0.315. The lowest BCUT2D eigenvalue weighted by atomic mass is 9.75. The normalized spacial score (nSPS) is 23.5. The monoisotopic (exact) mass is 360 g/mol. The molecule has 0 bridgehead atoms. The highest BCUT2D eigenvalue weighted by Crippen LogP contribution is 2.33. The van der Waals surface area contributed by atoms with Crippen LogP contribution in [-0.2, 0) is 4.74 Å². The molecule has 0 saturated heterocycles. The van der Waals surface area contributed by atoms with Crippen LogP contribution in [0.5, 0.6) is 0 Å². The second-order valence-corrected chi connectivity index (χ2v) is 7.35. The van der Waals surface area contributed by atoms with Crippen LogP contribution < -0.4 is 5.73 Å². The number of ether oxygens (including phenoxy) is 1. The maximum absolute atomic E-state index is 6.20. The van der Waals surface area contributed by atoms with Crippen LogP contribution in [0.2, 0.25) is 0 Å². The molecule has 0 spiro atoms. The summed E-state index contributed by atoms with van der Waals surface area (Å²) in [5.74, 6) is 1.32. The zero-order chi connectivity index (χ0) is 14.6. The lowest BCUT2D eigenvalue weighted by molar-refractivity contribution is 0.208. The van der Waals surface area contributed by atoms with Crippen molar-refractivity contribution in [3.63, 3.8) is 0 Å². The van der Waals surface area contributed by atoms with Crippen LogP contribution in [-0.4, -0.2) is 16.8 Å². The van der Waals surface area contributed by atoms with Gasteiger partial charge in [0.05, 0.1) is 11.2 Å². The zero-order valence-corrected chi connectivity index (χ0v) is 14.2. The summed E-state index contributed by atoms with van der Waals surface area (Å²) in [5, 5.41) is 0.385. The Morgan fingerprint density at radius 2 is 2.20 bits per heavy atom. The van der Waals surface area contributed by atoms with Gasteiger partial charge < -0.3 is 10.5 Å². The van der Waals surface area contributed by atoms with Crippen molar-refractivity contribution in [2.45, 2.75) is 51.0 Å². The van der Waals surface area contributed by atoms with Gasteiger partial charge in [-0.25, -0.2) is 4.99 Å². The van der Waals surface area contributed by atoms with Crippen LogP contribution in [0.4, 0.5) is 0 Å². The highest BCUT2D eigenvalue weighted by molar-refractivity contribution is 9.18. The predicted octanol–water partition coefficient (Wildman–Crippen LogP) is 4.46. The van der Waals surface area contributed by atoms with Gasteiger partial charge in [0.15, 0.2) is 10.9 Å². The third-order valence-electron chi connectivity index (χ3n) is 3.77. The number of hydrogen-bond acceptors (Lipinski definition) is 3. The van der Waals surface area contributed by atoms with Gasteiger partial charge in [-0.2, -0.15) is 0 Å². The summed E-state index contributed by atoms with van der Waals surface area (Å²) in [4.78, 5) is 4.20. The lowest BCUT2D eigenvalue weighted by Gasteiger charge is -2.37. The van der Waals surface area contributed by atoms with E-state index in [9.17, 15) is 0 Å². The van der Waals surface area contributed by atoms with E-state index in [1.165, 1.54) is 19.3 Å². The second kappa shape index (κ2) is 7.10. The Labute approximate surface area is 134 Å². The Morgan fingerprint density at radius 1 is 1.50 bits per heavy atom. The van der Waals surface area contributed by atoms with E-state index in [-0.39, 0.29) is 5.54 Å². The second-order valence-electron chi connectivity index (χ2n) is 5.84. The molecule has 0 radical (unpaired) electrons. The predicted molar refractivity (Wildman–Crippen MR) is 88.1 cm³/mol. The van der Waals surface area contributed by atoms with E-state index in [0.29, 0.717) is 16.8 Å². The molecule has 2 rings (SSSR count). The minimum absolute atomic E-state index is 0.0147. The van der Waals surface area contributed by atoms with Crippen molar-refractivity contribution in [1.82, 2.24) is 0 Å². The molecule has 3 nitrogen and oxygen atoms in total. The Balaban J connectivity index is 1.96. The van der Waals surface area contributed by atoms with Crippen molar-refractivity contribution < 1.29 is 4.74 Å². The summed E-state index contributed by atoms with van der Waals surface area (Å²) in [6.07, 6.45) is 10.8. The summed E-state index contributed by atoms with van der Waals surface area (Å²) in [6.45, 7) is 2.56. The smallest absolute Gasteiger partial charge is 0.171 e. The maximum atomic E-state index is 6.20. The van der Waals surface area contributed by atoms with E-state index >= 15 is 0 Å². The topological polar surface area (TPSA) is 47.6 Å². The molecule has 2 aliphatic rings. The van der Waals surface area contributed by atoms with E-state index in [1.54, 1.807) is 0 Å². The standard InChI is InChI=1S/C15H22BrClN2O/c1-11(16)19-14(17)13(20-10-12-5-6-12)4-2-7-15(18)8-3-9-15/h2,4,12H,3,5-10,18H2,1H3/b4-2+,14-13+,19-11+. The number of nitrogens with two attached hydrogens (primary N) is 1. The van der Waals surface area contributed by atoms with E-state index in [1.807, 2.05) is 13.0 Å². The minimum Gasteiger partial charge on any atom is -0.490 e. The van der Waals surface area contributed by atoms with Crippen LogP contribution >= 0.6 is 27.5 Å². The molecular formula is C15H22BrClN2O. The summed E-state index contributed by atoms with van der Waals surface area (Å²) in [6, 6.07) is 0. The average Bonchev–Trinajstić information content (AvgIpc) is 3.14. The lowest BCUT2D eigenvalue weighted by Crippen LogP contribution is -2.45. The highest BCUT2D eigenvalue weighted by atomic mass is 79.9. The van der Waals surface area contributed by atoms with E-state index in [4.69, 9.17) is 22.1 Å². The first-order valence-corrected chi connectivity index (χ1v) is 8.34. The van der Waals surface area contributed by atoms with Gasteiger partial charge in [0.1, 0.15) is 0 Å². The molecule has 0 aliphatic heterocycles. The van der Waals surface area contributed by atoms with E-state index in [0.717, 1.165) is 30.5 Å². The number of hydrogen-bond donors (Lipinski definition) is 1. The zero-order valence-electron chi connectivity index (χ0n) is 11.9. The van der Waals surface area contributed by atoms with Crippen molar-refractivity contribution in [1.29, 1.82) is 0 Å². The molecule has 112 valence electrons. The van der Waals surface area contributed by atoms with Crippen LogP contribution in [0.25, 0.3) is 0 Å². The highest BCUT2D eigenvalue weighted by Gasteiger charge is 2.30. The van der Waals surface area contributed by atoms with Crippen LogP contribution in [0.15, 0.2) is 28.1 Å². The molecule has 0 atom stereocenters. The van der Waals surface area contributed by atoms with Gasteiger partial charge in [-0.05, 0) is 73.4 Å². The molecule has 0 aromatic carbocycles. The van der Waals surface area contributed by atoms with Crippen molar-refractivity contribution in [3.05, 3.63) is 23.1 Å². The fourth-order valence-corrected chi connectivity index (χ4v) is 2.62. The Bertz CT molecular complexity index is 433. The molecule has 2 saturated carbocycles. The molecule has 0 unspecified atom stereocenters. The summed E-state index contributed by atoms with van der Waals surface area (Å²) in [5.41, 5.74) is 6.19. The molecular weight excluding hydrogens is 340 g/mol. The molecule has 0 aromatic rings. The van der Waals surface area contributed by atoms with Crippen molar-refractivity contribution in [2.24, 2.45) is 16.6 Å². The fourth-order valence-electron chi connectivity index (χ4n) is 2.09. The Hall–Kier alpha value is -0.320. The number of halogens is 2. The maximum Gasteiger partial charge on any atom is 0.171 e. The molecule has 2 N–H and O–H groups in total. The summed E-state index contributed by atoms with van der Waals surface area (Å²) >= 11 is 9.49. The summed E-state index contributed by atoms with van der Waals surface area (Å²) < 4.78 is 6.52. The first kappa shape index (κ1) is 16.1. The van der Waals surface area contributed by atoms with Gasteiger partial charge in [-0.1, -0.05) is 17.7 Å². The van der Waals surface area contributed by atoms with Crippen molar-refractivity contribution in [3.8, 4) is 0 Å². The van der Waals surface area contributed by atoms with Gasteiger partial charge in [-0.3, -0.25) is 0 Å². The largest absolute Gasteiger partial charge is 0.490 e. The first-order valence-electron chi connectivity index (χ1n) is 7.17. The van der Waals surface area contributed by atoms with Crippen LogP contribution in [0.3, 0.4) is 0 Å². The number of aliphatic imine (C=N–C) groups is 1. The molecule has 5 heteroatoms. The first-order chi connectivity index (χ1) is 9.48. The number of rotatable bonds is 7. The SMILES string of the molecule is C\C(Br)=N/C(Cl)=C(\C=C\CC1(N)CCC1)OCC1CC1. The molecule has 20 heavy (non-hydrogen) atoms. The molecule has 0 heterocycles. The van der Waals surface area contributed by atoms with Crippen LogP contribution in [0, 0.1) is 5.92 Å². The molecule has 0 amide bonds. The van der Waals surface area contributed by atoms with Crippen molar-refractivity contribution >= 4 is 32.2 Å². The van der Waals surface area contributed by atoms with Gasteiger partial charge in [0, 0.05) is 5.54 Å². The van der Waals surface area contributed by atoms with Gasteiger partial charge in [-0.15, -0.1) is 0 Å². The van der Waals surface area contributed by atoms with E-state index in [2.05, 4.69) is 27.0 Å². The Kier molecular flexibility index (Phi) is 5.70. The van der Waals surface area contributed by atoms with Crippen LogP contribution in [0.1, 0.15) is 45.4 Å². The third kappa shape index (κ3) is 5.23. The fraction of sp³-hybridized carbons (Fsp3) is 0.667. The average molecular weight is 362 g/mol. The number of allylic oxidation sites excluding steroid dienone is 1. The molecule has 0 aromatic heterocycles. The Morgan fingerprint density at radius 3 is 2.70 bits per heavy atom. The summed E-state index contributed by atoms with van der Waals surface area (Å²) in [7, 11) is 0. The van der Waals surface area contributed by atoms with Gasteiger partial charge >= 0.3 is 0 Å². The van der Waals surface area contributed by atoms with Gasteiger partial charge in [0.25, 0.3) is 0 Å². The van der Waals surface area contributed by atoms with Gasteiger partial charge in [0.2, 0.25) is 0 Å². The third-order valence-corrected chi connectivity index (χ3v) is 4.22.